The van der Waals surface area contributed by atoms with Gasteiger partial charge in [0.05, 0.1) is 11.7 Å². The van der Waals surface area contributed by atoms with Crippen LogP contribution in [0.25, 0.3) is 0 Å². The monoisotopic (exact) mass is 248 g/mol. The fraction of sp³-hybridized carbons (Fsp3) is 0.625. The molecule has 0 saturated heterocycles. The second-order valence-electron chi connectivity index (χ2n) is 5.99. The first-order chi connectivity index (χ1) is 8.53. The van der Waals surface area contributed by atoms with Gasteiger partial charge in [0.2, 0.25) is 0 Å². The number of rotatable bonds is 6. The van der Waals surface area contributed by atoms with Crippen LogP contribution >= 0.6 is 0 Å². The molecule has 0 amide bonds. The molecule has 2 rings (SSSR count). The predicted octanol–water partition coefficient (Wildman–Crippen LogP) is 3.36. The molecule has 18 heavy (non-hydrogen) atoms. The normalized spacial score (nSPS) is 24.9. The summed E-state index contributed by atoms with van der Waals surface area (Å²) in [6, 6.07) is 10.5. The predicted molar refractivity (Wildman–Crippen MR) is 73.6 cm³/mol. The number of ether oxygens (including phenoxy) is 1. The highest BCUT2D eigenvalue weighted by molar-refractivity contribution is 5.26. The van der Waals surface area contributed by atoms with Gasteiger partial charge >= 0.3 is 0 Å². The van der Waals surface area contributed by atoms with E-state index in [1.165, 1.54) is 5.56 Å². The number of aliphatic hydroxyl groups excluding tert-OH is 1. The summed E-state index contributed by atoms with van der Waals surface area (Å²) < 4.78 is 5.39. The van der Waals surface area contributed by atoms with E-state index in [2.05, 4.69) is 38.1 Å². The van der Waals surface area contributed by atoms with E-state index in [1.54, 1.807) is 7.11 Å². The summed E-state index contributed by atoms with van der Waals surface area (Å²) in [5, 5.41) is 10.2. The average molecular weight is 248 g/mol. The Kier molecular flexibility index (Phi) is 4.08. The van der Waals surface area contributed by atoms with Crippen LogP contribution in [-0.2, 0) is 4.74 Å². The van der Waals surface area contributed by atoms with Gasteiger partial charge in [-0.15, -0.1) is 0 Å². The molecule has 0 aliphatic heterocycles. The van der Waals surface area contributed by atoms with Crippen molar-refractivity contribution in [2.45, 2.75) is 50.7 Å². The Hall–Kier alpha value is -0.860. The summed E-state index contributed by atoms with van der Waals surface area (Å²) in [7, 11) is 1.73. The number of benzene rings is 1. The Morgan fingerprint density at radius 1 is 1.33 bits per heavy atom. The van der Waals surface area contributed by atoms with Crippen molar-refractivity contribution in [3.63, 3.8) is 0 Å². The van der Waals surface area contributed by atoms with Gasteiger partial charge in [0.1, 0.15) is 0 Å². The van der Waals surface area contributed by atoms with E-state index in [0.717, 1.165) is 19.3 Å². The Morgan fingerprint density at radius 2 is 2.00 bits per heavy atom. The molecule has 0 spiro atoms. The molecule has 1 aromatic rings. The van der Waals surface area contributed by atoms with E-state index in [-0.39, 0.29) is 11.7 Å². The van der Waals surface area contributed by atoms with Crippen molar-refractivity contribution in [3.05, 3.63) is 35.9 Å². The van der Waals surface area contributed by atoms with E-state index < -0.39 is 0 Å². The van der Waals surface area contributed by atoms with E-state index >= 15 is 0 Å². The lowest BCUT2D eigenvalue weighted by Crippen LogP contribution is -2.25. The zero-order valence-corrected chi connectivity index (χ0v) is 11.6. The molecule has 1 aliphatic rings. The molecule has 1 fully saturated rings. The van der Waals surface area contributed by atoms with Gasteiger partial charge in [-0.3, -0.25) is 0 Å². The minimum Gasteiger partial charge on any atom is -0.393 e. The molecular formula is C16H24O2. The molecule has 3 unspecified atom stereocenters. The Labute approximate surface area is 110 Å². The summed E-state index contributed by atoms with van der Waals surface area (Å²) in [6.07, 6.45) is 2.67. The van der Waals surface area contributed by atoms with Crippen molar-refractivity contribution in [1.29, 1.82) is 0 Å². The maximum Gasteiger partial charge on any atom is 0.0623 e. The number of methoxy groups -OCH3 is 1. The summed E-state index contributed by atoms with van der Waals surface area (Å²) in [6.45, 7) is 4.14. The molecule has 1 saturated carbocycles. The fourth-order valence-electron chi connectivity index (χ4n) is 2.54. The zero-order chi connectivity index (χ0) is 13.2. The van der Waals surface area contributed by atoms with Crippen LogP contribution in [0.2, 0.25) is 0 Å². The second kappa shape index (κ2) is 5.41. The lowest BCUT2D eigenvalue weighted by molar-refractivity contribution is 0.000656. The lowest BCUT2D eigenvalue weighted by Gasteiger charge is -2.24. The van der Waals surface area contributed by atoms with Crippen LogP contribution in [0, 0.1) is 5.92 Å². The molecule has 0 aromatic heterocycles. The van der Waals surface area contributed by atoms with Gasteiger partial charge in [0, 0.05) is 7.11 Å². The third-order valence-corrected chi connectivity index (χ3v) is 4.16. The van der Waals surface area contributed by atoms with Crippen molar-refractivity contribution in [2.75, 3.05) is 7.11 Å². The highest BCUT2D eigenvalue weighted by Gasteiger charge is 2.43. The Morgan fingerprint density at radius 3 is 2.61 bits per heavy atom. The van der Waals surface area contributed by atoms with Gasteiger partial charge < -0.3 is 9.84 Å². The topological polar surface area (TPSA) is 29.5 Å². The molecule has 2 heteroatoms. The third kappa shape index (κ3) is 3.33. The van der Waals surface area contributed by atoms with Crippen LogP contribution in [-0.4, -0.2) is 23.9 Å². The number of aliphatic hydroxyl groups is 1. The molecule has 0 bridgehead atoms. The van der Waals surface area contributed by atoms with Crippen LogP contribution in [0.5, 0.6) is 0 Å². The van der Waals surface area contributed by atoms with Crippen molar-refractivity contribution in [2.24, 2.45) is 5.92 Å². The van der Waals surface area contributed by atoms with E-state index in [4.69, 9.17) is 4.74 Å². The van der Waals surface area contributed by atoms with E-state index in [9.17, 15) is 5.11 Å². The molecule has 100 valence electrons. The van der Waals surface area contributed by atoms with E-state index in [0.29, 0.717) is 11.8 Å². The van der Waals surface area contributed by atoms with Crippen LogP contribution in [0.1, 0.15) is 44.6 Å². The molecule has 1 N–H and O–H groups in total. The summed E-state index contributed by atoms with van der Waals surface area (Å²) in [4.78, 5) is 0. The first-order valence-corrected chi connectivity index (χ1v) is 6.81. The smallest absolute Gasteiger partial charge is 0.0623 e. The average Bonchev–Trinajstić information content (AvgIpc) is 3.17. The SMILES string of the molecule is COC(C)(C)CCC(O)C1CC1c1ccccc1. The first-order valence-electron chi connectivity index (χ1n) is 6.81. The number of hydrogen-bond acceptors (Lipinski definition) is 2. The molecule has 3 atom stereocenters. The molecular weight excluding hydrogens is 224 g/mol. The quantitative estimate of drug-likeness (QED) is 0.836. The summed E-state index contributed by atoms with van der Waals surface area (Å²) in [5.41, 5.74) is 1.24. The molecule has 1 aliphatic carbocycles. The lowest BCUT2D eigenvalue weighted by atomic mass is 9.97. The number of hydrogen-bond donors (Lipinski definition) is 1. The van der Waals surface area contributed by atoms with Crippen LogP contribution in [0.4, 0.5) is 0 Å². The van der Waals surface area contributed by atoms with Gasteiger partial charge in [-0.2, -0.15) is 0 Å². The second-order valence-corrected chi connectivity index (χ2v) is 5.99. The molecule has 0 heterocycles. The maximum atomic E-state index is 10.2. The fourth-order valence-corrected chi connectivity index (χ4v) is 2.54. The van der Waals surface area contributed by atoms with E-state index in [1.807, 2.05) is 6.07 Å². The van der Waals surface area contributed by atoms with Gasteiger partial charge in [0.15, 0.2) is 0 Å². The van der Waals surface area contributed by atoms with Crippen molar-refractivity contribution < 1.29 is 9.84 Å². The molecule has 1 aromatic carbocycles. The van der Waals surface area contributed by atoms with Crippen LogP contribution < -0.4 is 0 Å². The van der Waals surface area contributed by atoms with Crippen LogP contribution in [0.15, 0.2) is 30.3 Å². The highest BCUT2D eigenvalue weighted by Crippen LogP contribution is 2.50. The molecule has 0 radical (unpaired) electrons. The van der Waals surface area contributed by atoms with Crippen molar-refractivity contribution >= 4 is 0 Å². The Balaban J connectivity index is 1.81. The Bertz CT molecular complexity index is 372. The minimum atomic E-state index is -0.190. The van der Waals surface area contributed by atoms with Gasteiger partial charge in [-0.25, -0.2) is 0 Å². The van der Waals surface area contributed by atoms with Gasteiger partial charge in [-0.1, -0.05) is 30.3 Å². The summed E-state index contributed by atoms with van der Waals surface area (Å²) in [5.74, 6) is 1.01. The third-order valence-electron chi connectivity index (χ3n) is 4.16. The van der Waals surface area contributed by atoms with Gasteiger partial charge in [0.25, 0.3) is 0 Å². The standard InChI is InChI=1S/C16H24O2/c1-16(2,18-3)10-9-15(17)14-11-13(14)12-7-5-4-6-8-12/h4-8,13-15,17H,9-11H2,1-3H3. The van der Waals surface area contributed by atoms with Crippen molar-refractivity contribution in [1.82, 2.24) is 0 Å². The zero-order valence-electron chi connectivity index (χ0n) is 11.6. The summed E-state index contributed by atoms with van der Waals surface area (Å²) >= 11 is 0. The van der Waals surface area contributed by atoms with Crippen LogP contribution in [0.3, 0.4) is 0 Å². The van der Waals surface area contributed by atoms with Crippen molar-refractivity contribution in [3.8, 4) is 0 Å². The largest absolute Gasteiger partial charge is 0.393 e. The minimum absolute atomic E-state index is 0.127. The molecule has 2 nitrogen and oxygen atoms in total. The van der Waals surface area contributed by atoms with Gasteiger partial charge in [-0.05, 0) is 50.5 Å². The maximum absolute atomic E-state index is 10.2. The first kappa shape index (κ1) is 13.6. The highest BCUT2D eigenvalue weighted by atomic mass is 16.5.